The molecule has 5 heteroatoms. The van der Waals surface area contributed by atoms with Gasteiger partial charge in [0.05, 0.1) is 0 Å². The summed E-state index contributed by atoms with van der Waals surface area (Å²) in [5.41, 5.74) is 0.721. The SMILES string of the molecule is C#CCOc1ccc(NC(=O)N(C)C2CCC(CO)CC2)cc1. The molecule has 0 aliphatic heterocycles. The standard InChI is InChI=1S/C18H24N2O3/c1-3-12-23-17-10-6-15(7-11-17)19-18(22)20(2)16-8-4-14(13-21)5-9-16/h1,6-7,10-11,14,16,21H,4-5,8-9,12-13H2,2H3,(H,19,22). The number of hydrogen-bond donors (Lipinski definition) is 2. The lowest BCUT2D eigenvalue weighted by Crippen LogP contribution is -2.42. The van der Waals surface area contributed by atoms with Crippen LogP contribution in [0.5, 0.6) is 5.75 Å². The summed E-state index contributed by atoms with van der Waals surface area (Å²) >= 11 is 0. The van der Waals surface area contributed by atoms with E-state index in [4.69, 9.17) is 11.2 Å². The number of terminal acetylenes is 1. The van der Waals surface area contributed by atoms with E-state index in [0.29, 0.717) is 11.7 Å². The number of benzene rings is 1. The van der Waals surface area contributed by atoms with Gasteiger partial charge in [0.2, 0.25) is 0 Å². The molecule has 1 aromatic rings. The van der Waals surface area contributed by atoms with Crippen molar-refractivity contribution in [3.8, 4) is 18.1 Å². The first-order valence-electron chi connectivity index (χ1n) is 7.95. The van der Waals surface area contributed by atoms with Crippen LogP contribution in [-0.2, 0) is 0 Å². The van der Waals surface area contributed by atoms with Gasteiger partial charge in [0, 0.05) is 25.4 Å². The fraction of sp³-hybridized carbons (Fsp3) is 0.500. The molecule has 0 unspecified atom stereocenters. The van der Waals surface area contributed by atoms with Gasteiger partial charge in [0.1, 0.15) is 12.4 Å². The van der Waals surface area contributed by atoms with Crippen LogP contribution in [-0.4, -0.2) is 42.3 Å². The topological polar surface area (TPSA) is 61.8 Å². The molecule has 0 heterocycles. The number of urea groups is 1. The Bertz CT molecular complexity index is 542. The molecule has 2 N–H and O–H groups in total. The number of nitrogens with zero attached hydrogens (tertiary/aromatic N) is 1. The smallest absolute Gasteiger partial charge is 0.321 e. The second-order valence-electron chi connectivity index (χ2n) is 5.92. The number of rotatable bonds is 5. The third-order valence-electron chi connectivity index (χ3n) is 4.37. The molecule has 0 saturated heterocycles. The summed E-state index contributed by atoms with van der Waals surface area (Å²) in [6, 6.07) is 7.25. The van der Waals surface area contributed by atoms with Crippen molar-refractivity contribution in [3.05, 3.63) is 24.3 Å². The van der Waals surface area contributed by atoms with Crippen molar-refractivity contribution in [1.29, 1.82) is 0 Å². The van der Waals surface area contributed by atoms with E-state index in [1.807, 2.05) is 7.05 Å². The van der Waals surface area contributed by atoms with Gasteiger partial charge in [-0.3, -0.25) is 0 Å². The lowest BCUT2D eigenvalue weighted by molar-refractivity contribution is 0.139. The molecule has 0 aromatic heterocycles. The average molecular weight is 316 g/mol. The zero-order valence-electron chi connectivity index (χ0n) is 13.5. The molecule has 1 saturated carbocycles. The van der Waals surface area contributed by atoms with Gasteiger partial charge in [0.25, 0.3) is 0 Å². The van der Waals surface area contributed by atoms with E-state index in [9.17, 15) is 9.90 Å². The molecule has 23 heavy (non-hydrogen) atoms. The second-order valence-corrected chi connectivity index (χ2v) is 5.92. The summed E-state index contributed by atoms with van der Waals surface area (Å²) in [4.78, 5) is 14.1. The maximum absolute atomic E-state index is 12.3. The Kier molecular flexibility index (Phi) is 6.30. The van der Waals surface area contributed by atoms with Gasteiger partial charge >= 0.3 is 6.03 Å². The molecule has 1 aromatic carbocycles. The first-order chi connectivity index (χ1) is 11.1. The molecular formula is C18H24N2O3. The molecule has 5 nitrogen and oxygen atoms in total. The highest BCUT2D eigenvalue weighted by Gasteiger charge is 2.26. The van der Waals surface area contributed by atoms with Gasteiger partial charge in [-0.05, 0) is 55.9 Å². The number of aliphatic hydroxyl groups excluding tert-OH is 1. The highest BCUT2D eigenvalue weighted by molar-refractivity contribution is 5.89. The number of carbonyl (C=O) groups excluding carboxylic acids is 1. The first kappa shape index (κ1) is 17.2. The molecular weight excluding hydrogens is 292 g/mol. The number of ether oxygens (including phenoxy) is 1. The van der Waals surface area contributed by atoms with Gasteiger partial charge < -0.3 is 20.1 Å². The van der Waals surface area contributed by atoms with E-state index < -0.39 is 0 Å². The molecule has 0 bridgehead atoms. The quantitative estimate of drug-likeness (QED) is 0.821. The minimum Gasteiger partial charge on any atom is -0.481 e. The lowest BCUT2D eigenvalue weighted by Gasteiger charge is -2.34. The van der Waals surface area contributed by atoms with Crippen molar-refractivity contribution in [1.82, 2.24) is 4.90 Å². The molecule has 1 aliphatic rings. The van der Waals surface area contributed by atoms with Crippen molar-refractivity contribution < 1.29 is 14.6 Å². The maximum atomic E-state index is 12.3. The number of amides is 2. The first-order valence-corrected chi connectivity index (χ1v) is 7.95. The molecule has 0 atom stereocenters. The van der Waals surface area contributed by atoms with Crippen molar-refractivity contribution in [3.63, 3.8) is 0 Å². The Morgan fingerprint density at radius 3 is 2.57 bits per heavy atom. The molecule has 1 fully saturated rings. The highest BCUT2D eigenvalue weighted by atomic mass is 16.5. The van der Waals surface area contributed by atoms with Gasteiger partial charge in [-0.1, -0.05) is 5.92 Å². The van der Waals surface area contributed by atoms with E-state index in [0.717, 1.165) is 31.4 Å². The van der Waals surface area contributed by atoms with Gasteiger partial charge in [-0.15, -0.1) is 6.42 Å². The summed E-state index contributed by atoms with van der Waals surface area (Å²) in [5.74, 6) is 3.47. The van der Waals surface area contributed by atoms with Crippen LogP contribution >= 0.6 is 0 Å². The van der Waals surface area contributed by atoms with Gasteiger partial charge in [-0.25, -0.2) is 4.79 Å². The number of anilines is 1. The summed E-state index contributed by atoms with van der Waals surface area (Å²) in [5, 5.41) is 12.1. The van der Waals surface area contributed by atoms with E-state index in [1.54, 1.807) is 29.2 Å². The van der Waals surface area contributed by atoms with E-state index in [-0.39, 0.29) is 25.3 Å². The van der Waals surface area contributed by atoms with Crippen LogP contribution in [0.2, 0.25) is 0 Å². The van der Waals surface area contributed by atoms with Crippen LogP contribution in [0, 0.1) is 18.3 Å². The summed E-state index contributed by atoms with van der Waals surface area (Å²) in [6.07, 6.45) is 8.96. The Morgan fingerprint density at radius 2 is 2.00 bits per heavy atom. The predicted octanol–water partition coefficient (Wildman–Crippen LogP) is 2.71. The monoisotopic (exact) mass is 316 g/mol. The molecule has 2 amide bonds. The molecule has 124 valence electrons. The number of aliphatic hydroxyl groups is 1. The van der Waals surface area contributed by atoms with Gasteiger partial charge in [-0.2, -0.15) is 0 Å². The Balaban J connectivity index is 1.85. The van der Waals surface area contributed by atoms with Crippen LogP contribution in [0.1, 0.15) is 25.7 Å². The van der Waals surface area contributed by atoms with Crippen molar-refractivity contribution in [2.24, 2.45) is 5.92 Å². The average Bonchev–Trinajstić information content (AvgIpc) is 2.60. The fourth-order valence-electron chi connectivity index (χ4n) is 2.85. The molecule has 0 spiro atoms. The summed E-state index contributed by atoms with van der Waals surface area (Å²) in [7, 11) is 1.82. The molecule has 1 aliphatic carbocycles. The van der Waals surface area contributed by atoms with Crippen LogP contribution in [0.15, 0.2) is 24.3 Å². The number of nitrogens with one attached hydrogen (secondary N) is 1. The van der Waals surface area contributed by atoms with Gasteiger partial charge in [0.15, 0.2) is 0 Å². The van der Waals surface area contributed by atoms with Crippen LogP contribution in [0.3, 0.4) is 0 Å². The van der Waals surface area contributed by atoms with Crippen molar-refractivity contribution in [2.45, 2.75) is 31.7 Å². The summed E-state index contributed by atoms with van der Waals surface area (Å²) in [6.45, 7) is 0.474. The summed E-state index contributed by atoms with van der Waals surface area (Å²) < 4.78 is 5.30. The molecule has 0 radical (unpaired) electrons. The minimum absolute atomic E-state index is 0.116. The Morgan fingerprint density at radius 1 is 1.35 bits per heavy atom. The number of hydrogen-bond acceptors (Lipinski definition) is 3. The highest BCUT2D eigenvalue weighted by Crippen LogP contribution is 2.27. The Labute approximate surface area is 137 Å². The normalized spacial score (nSPS) is 20.4. The van der Waals surface area contributed by atoms with E-state index in [1.165, 1.54) is 0 Å². The van der Waals surface area contributed by atoms with Crippen LogP contribution in [0.25, 0.3) is 0 Å². The fourth-order valence-corrected chi connectivity index (χ4v) is 2.85. The maximum Gasteiger partial charge on any atom is 0.321 e. The minimum atomic E-state index is -0.116. The van der Waals surface area contributed by atoms with Crippen molar-refractivity contribution >= 4 is 11.7 Å². The second kappa shape index (κ2) is 8.44. The number of carbonyl (C=O) groups is 1. The van der Waals surface area contributed by atoms with E-state index >= 15 is 0 Å². The van der Waals surface area contributed by atoms with Crippen LogP contribution < -0.4 is 10.1 Å². The van der Waals surface area contributed by atoms with Crippen LogP contribution in [0.4, 0.5) is 10.5 Å². The Hall–Kier alpha value is -2.19. The molecule has 2 rings (SSSR count). The zero-order chi connectivity index (χ0) is 16.7. The van der Waals surface area contributed by atoms with Crippen molar-refractivity contribution in [2.75, 3.05) is 25.6 Å². The largest absolute Gasteiger partial charge is 0.481 e. The zero-order valence-corrected chi connectivity index (χ0v) is 13.5. The third-order valence-corrected chi connectivity index (χ3v) is 4.37. The lowest BCUT2D eigenvalue weighted by atomic mass is 9.86. The predicted molar refractivity (Wildman–Crippen MR) is 90.4 cm³/mol. The van der Waals surface area contributed by atoms with E-state index in [2.05, 4.69) is 11.2 Å². The third kappa shape index (κ3) is 4.90.